The standard InChI is InChI=1S/C16H19Cl2NO/c17-14-7-4-8-15(18)13(14)11-16(20)19-10-9-12-5-2-1-3-6-12/h4-5,7-8H,1-3,6,9-11H2,(H,19,20). The summed E-state index contributed by atoms with van der Waals surface area (Å²) in [4.78, 5) is 11.9. The lowest BCUT2D eigenvalue weighted by Crippen LogP contribution is -2.26. The van der Waals surface area contributed by atoms with Gasteiger partial charge in [0.25, 0.3) is 0 Å². The van der Waals surface area contributed by atoms with Crippen LogP contribution < -0.4 is 5.32 Å². The molecule has 2 nitrogen and oxygen atoms in total. The van der Waals surface area contributed by atoms with Crippen molar-refractivity contribution in [2.45, 2.75) is 38.5 Å². The maximum atomic E-state index is 11.9. The zero-order chi connectivity index (χ0) is 14.4. The van der Waals surface area contributed by atoms with Gasteiger partial charge in [0.2, 0.25) is 5.91 Å². The van der Waals surface area contributed by atoms with Crippen molar-refractivity contribution in [1.82, 2.24) is 5.32 Å². The van der Waals surface area contributed by atoms with Gasteiger partial charge in [0.05, 0.1) is 6.42 Å². The lowest BCUT2D eigenvalue weighted by Gasteiger charge is -2.13. The second kappa shape index (κ2) is 7.70. The second-order valence-corrected chi connectivity index (χ2v) is 5.90. The minimum atomic E-state index is -0.0311. The van der Waals surface area contributed by atoms with Gasteiger partial charge in [-0.25, -0.2) is 0 Å². The molecule has 1 aliphatic carbocycles. The minimum Gasteiger partial charge on any atom is -0.355 e. The average molecular weight is 312 g/mol. The number of halogens is 2. The third kappa shape index (κ3) is 4.53. The van der Waals surface area contributed by atoms with Crippen molar-refractivity contribution in [3.05, 3.63) is 45.5 Å². The maximum absolute atomic E-state index is 11.9. The summed E-state index contributed by atoms with van der Waals surface area (Å²) in [5.41, 5.74) is 2.16. The van der Waals surface area contributed by atoms with E-state index in [1.54, 1.807) is 18.2 Å². The summed E-state index contributed by atoms with van der Waals surface area (Å²) < 4.78 is 0. The molecule has 0 aromatic heterocycles. The molecular weight excluding hydrogens is 293 g/mol. The van der Waals surface area contributed by atoms with E-state index in [1.807, 2.05) is 0 Å². The molecule has 1 N–H and O–H groups in total. The Morgan fingerprint density at radius 1 is 1.20 bits per heavy atom. The van der Waals surface area contributed by atoms with Gasteiger partial charge in [0.15, 0.2) is 0 Å². The summed E-state index contributed by atoms with van der Waals surface area (Å²) >= 11 is 12.1. The number of amides is 1. The van der Waals surface area contributed by atoms with Crippen LogP contribution in [0, 0.1) is 0 Å². The molecule has 20 heavy (non-hydrogen) atoms. The Kier molecular flexibility index (Phi) is 5.93. The molecular formula is C16H19Cl2NO. The Morgan fingerprint density at radius 2 is 1.95 bits per heavy atom. The number of carbonyl (C=O) groups excluding carboxylic acids is 1. The van der Waals surface area contributed by atoms with Crippen molar-refractivity contribution in [3.63, 3.8) is 0 Å². The fourth-order valence-electron chi connectivity index (χ4n) is 2.42. The molecule has 0 saturated heterocycles. The second-order valence-electron chi connectivity index (χ2n) is 5.09. The predicted octanol–water partition coefficient (Wildman–Crippen LogP) is 4.54. The molecule has 108 valence electrons. The molecule has 1 aliphatic rings. The Bertz CT molecular complexity index is 491. The first-order valence-corrected chi connectivity index (χ1v) is 7.80. The Balaban J connectivity index is 1.79. The average Bonchev–Trinajstić information content (AvgIpc) is 2.44. The monoisotopic (exact) mass is 311 g/mol. The zero-order valence-corrected chi connectivity index (χ0v) is 12.9. The van der Waals surface area contributed by atoms with Crippen LogP contribution in [0.4, 0.5) is 0 Å². The number of hydrogen-bond acceptors (Lipinski definition) is 1. The van der Waals surface area contributed by atoms with E-state index in [0.717, 1.165) is 6.42 Å². The number of hydrogen-bond donors (Lipinski definition) is 1. The molecule has 1 amide bonds. The summed E-state index contributed by atoms with van der Waals surface area (Å²) in [5.74, 6) is -0.0311. The van der Waals surface area contributed by atoms with Crippen molar-refractivity contribution >= 4 is 29.1 Å². The smallest absolute Gasteiger partial charge is 0.224 e. The van der Waals surface area contributed by atoms with Crippen LogP contribution in [0.1, 0.15) is 37.7 Å². The molecule has 0 aliphatic heterocycles. The van der Waals surface area contributed by atoms with E-state index in [0.29, 0.717) is 22.2 Å². The van der Waals surface area contributed by atoms with Gasteiger partial charge < -0.3 is 5.32 Å². The first-order chi connectivity index (χ1) is 9.66. The number of carbonyl (C=O) groups is 1. The fraction of sp³-hybridized carbons (Fsp3) is 0.438. The van der Waals surface area contributed by atoms with Gasteiger partial charge in [-0.1, -0.05) is 40.9 Å². The van der Waals surface area contributed by atoms with Crippen molar-refractivity contribution in [2.24, 2.45) is 0 Å². The Morgan fingerprint density at radius 3 is 2.60 bits per heavy atom. The highest BCUT2D eigenvalue weighted by Crippen LogP contribution is 2.24. The van der Waals surface area contributed by atoms with Crippen LogP contribution in [-0.4, -0.2) is 12.5 Å². The van der Waals surface area contributed by atoms with Gasteiger partial charge in [-0.05, 0) is 49.8 Å². The van der Waals surface area contributed by atoms with E-state index >= 15 is 0 Å². The number of nitrogens with one attached hydrogen (secondary N) is 1. The Labute approximate surface area is 130 Å². The topological polar surface area (TPSA) is 29.1 Å². The fourth-order valence-corrected chi connectivity index (χ4v) is 2.95. The molecule has 0 bridgehead atoms. The summed E-state index contributed by atoms with van der Waals surface area (Å²) in [6.45, 7) is 0.687. The highest BCUT2D eigenvalue weighted by Gasteiger charge is 2.11. The molecule has 2 rings (SSSR count). The first-order valence-electron chi connectivity index (χ1n) is 7.04. The number of benzene rings is 1. The van der Waals surface area contributed by atoms with Crippen molar-refractivity contribution in [3.8, 4) is 0 Å². The Hall–Kier alpha value is -0.990. The van der Waals surface area contributed by atoms with Gasteiger partial charge in [0.1, 0.15) is 0 Å². The summed E-state index contributed by atoms with van der Waals surface area (Å²) in [6.07, 6.45) is 8.40. The molecule has 0 radical (unpaired) electrons. The molecule has 0 spiro atoms. The normalized spacial score (nSPS) is 14.8. The summed E-state index contributed by atoms with van der Waals surface area (Å²) in [7, 11) is 0. The highest BCUT2D eigenvalue weighted by atomic mass is 35.5. The quantitative estimate of drug-likeness (QED) is 0.794. The van der Waals surface area contributed by atoms with E-state index < -0.39 is 0 Å². The largest absolute Gasteiger partial charge is 0.355 e. The van der Waals surface area contributed by atoms with Crippen LogP contribution in [0.25, 0.3) is 0 Å². The van der Waals surface area contributed by atoms with E-state index in [4.69, 9.17) is 23.2 Å². The molecule has 0 heterocycles. The van der Waals surface area contributed by atoms with Crippen molar-refractivity contribution in [2.75, 3.05) is 6.54 Å². The lowest BCUT2D eigenvalue weighted by molar-refractivity contribution is -0.120. The highest BCUT2D eigenvalue weighted by molar-refractivity contribution is 6.36. The van der Waals surface area contributed by atoms with Gasteiger partial charge >= 0.3 is 0 Å². The molecule has 0 unspecified atom stereocenters. The molecule has 1 aromatic carbocycles. The number of allylic oxidation sites excluding steroid dienone is 1. The van der Waals surface area contributed by atoms with Gasteiger partial charge in [-0.3, -0.25) is 4.79 Å². The van der Waals surface area contributed by atoms with Crippen molar-refractivity contribution in [1.29, 1.82) is 0 Å². The number of rotatable bonds is 5. The van der Waals surface area contributed by atoms with Crippen LogP contribution in [0.15, 0.2) is 29.8 Å². The third-order valence-electron chi connectivity index (χ3n) is 3.55. The molecule has 4 heteroatoms. The molecule has 0 saturated carbocycles. The van der Waals surface area contributed by atoms with Crippen molar-refractivity contribution < 1.29 is 4.79 Å². The van der Waals surface area contributed by atoms with Gasteiger partial charge in [0, 0.05) is 16.6 Å². The maximum Gasteiger partial charge on any atom is 0.224 e. The van der Waals surface area contributed by atoms with Crippen LogP contribution in [0.5, 0.6) is 0 Å². The van der Waals surface area contributed by atoms with Gasteiger partial charge in [-0.2, -0.15) is 0 Å². The van der Waals surface area contributed by atoms with E-state index in [2.05, 4.69) is 11.4 Å². The van der Waals surface area contributed by atoms with Crippen LogP contribution in [0.3, 0.4) is 0 Å². The SMILES string of the molecule is O=C(Cc1c(Cl)cccc1Cl)NCCC1=CCCCC1. The zero-order valence-electron chi connectivity index (χ0n) is 11.4. The van der Waals surface area contributed by atoms with E-state index in [9.17, 15) is 4.79 Å². The molecule has 1 aromatic rings. The lowest BCUT2D eigenvalue weighted by atomic mass is 9.97. The van der Waals surface area contributed by atoms with Gasteiger partial charge in [-0.15, -0.1) is 0 Å². The molecule has 0 atom stereocenters. The van der Waals surface area contributed by atoms with Crippen LogP contribution in [-0.2, 0) is 11.2 Å². The summed E-state index contributed by atoms with van der Waals surface area (Å²) in [5, 5.41) is 4.02. The summed E-state index contributed by atoms with van der Waals surface area (Å²) in [6, 6.07) is 5.29. The van der Waals surface area contributed by atoms with E-state index in [-0.39, 0.29) is 12.3 Å². The van der Waals surface area contributed by atoms with E-state index in [1.165, 1.54) is 31.3 Å². The third-order valence-corrected chi connectivity index (χ3v) is 4.26. The minimum absolute atomic E-state index is 0.0311. The first kappa shape index (κ1) is 15.4. The van der Waals surface area contributed by atoms with Crippen LogP contribution in [0.2, 0.25) is 10.0 Å². The molecule has 0 fully saturated rings. The predicted molar refractivity (Wildman–Crippen MR) is 84.3 cm³/mol. The van der Waals surface area contributed by atoms with Crippen LogP contribution >= 0.6 is 23.2 Å².